The van der Waals surface area contributed by atoms with E-state index in [0.29, 0.717) is 12.8 Å². The van der Waals surface area contributed by atoms with Crippen LogP contribution in [0.2, 0.25) is 0 Å². The van der Waals surface area contributed by atoms with Gasteiger partial charge in [0.1, 0.15) is 12.6 Å². The number of ether oxygens (including phenoxy) is 3. The molecule has 8 nitrogen and oxygen atoms in total. The number of carboxylic acids is 1. The van der Waals surface area contributed by atoms with E-state index in [4.69, 9.17) is 14.2 Å². The highest BCUT2D eigenvalue weighted by Crippen LogP contribution is 2.11. The summed E-state index contributed by atoms with van der Waals surface area (Å²) in [6, 6.07) is -0.749. The summed E-state index contributed by atoms with van der Waals surface area (Å²) >= 11 is 0. The Bertz CT molecular complexity index is 1550. The lowest BCUT2D eigenvalue weighted by Gasteiger charge is -2.34. The van der Waals surface area contributed by atoms with Crippen LogP contribution in [0.25, 0.3) is 0 Å². The Morgan fingerprint density at radius 1 is 0.463 bits per heavy atom. The van der Waals surface area contributed by atoms with Crippen LogP contribution >= 0.6 is 0 Å². The van der Waals surface area contributed by atoms with Crippen LogP contribution in [0.4, 0.5) is 0 Å². The lowest BCUT2D eigenvalue weighted by atomic mass is 10.1. The van der Waals surface area contributed by atoms with E-state index in [1.54, 1.807) is 21.1 Å². The van der Waals surface area contributed by atoms with E-state index >= 15 is 0 Å². The largest absolute Gasteiger partial charge is 0.544 e. The first-order valence-corrected chi connectivity index (χ1v) is 25.7. The van der Waals surface area contributed by atoms with Crippen LogP contribution in [0.15, 0.2) is 134 Å². The minimum atomic E-state index is -1.14. The second-order valence-corrected chi connectivity index (χ2v) is 17.7. The number of nitrogens with zero attached hydrogens (tertiary/aromatic N) is 1. The highest BCUT2D eigenvalue weighted by atomic mass is 16.6. The maximum atomic E-state index is 12.8. The van der Waals surface area contributed by atoms with Gasteiger partial charge in [-0.25, -0.2) is 0 Å². The molecule has 2 atom stereocenters. The molecule has 0 saturated heterocycles. The van der Waals surface area contributed by atoms with Crippen molar-refractivity contribution in [1.82, 2.24) is 0 Å². The molecule has 0 aliphatic heterocycles. The van der Waals surface area contributed by atoms with Gasteiger partial charge >= 0.3 is 11.9 Å². The monoisotopic (exact) mass is 928 g/mol. The zero-order valence-corrected chi connectivity index (χ0v) is 42.8. The summed E-state index contributed by atoms with van der Waals surface area (Å²) in [6.45, 7) is 4.42. The number of esters is 2. The van der Waals surface area contributed by atoms with Crippen molar-refractivity contribution < 1.29 is 38.2 Å². The third-order valence-electron chi connectivity index (χ3n) is 10.5. The SMILES string of the molecule is CC/C=C/C/C=C/C/C=C/C/C=C/C/C=C/C/C=C/CCCCCC(=O)OC(COCCC(C(=O)[O-])[N+](C)(C)C)COC(=O)CCCC/C=C/C/C=C/C/C=C/C/C=C/C/C=C/CCCCC. The van der Waals surface area contributed by atoms with Gasteiger partial charge in [0.25, 0.3) is 0 Å². The maximum Gasteiger partial charge on any atom is 0.306 e. The summed E-state index contributed by atoms with van der Waals surface area (Å²) in [6.07, 6.45) is 69.1. The summed E-state index contributed by atoms with van der Waals surface area (Å²) in [4.78, 5) is 37.0. The first kappa shape index (κ1) is 62.5. The topological polar surface area (TPSA) is 102 Å². The zero-order valence-electron chi connectivity index (χ0n) is 42.8. The number of carbonyl (C=O) groups is 3. The second-order valence-electron chi connectivity index (χ2n) is 17.7. The smallest absolute Gasteiger partial charge is 0.306 e. The van der Waals surface area contributed by atoms with Gasteiger partial charge in [-0.15, -0.1) is 0 Å². The van der Waals surface area contributed by atoms with Crippen molar-refractivity contribution >= 4 is 17.9 Å². The van der Waals surface area contributed by atoms with Crippen molar-refractivity contribution in [1.29, 1.82) is 0 Å². The number of quaternary nitrogens is 1. The third kappa shape index (κ3) is 46.4. The molecular weight excluding hydrogens is 835 g/mol. The predicted octanol–water partition coefficient (Wildman–Crippen LogP) is 13.8. The molecule has 0 heterocycles. The quantitative estimate of drug-likeness (QED) is 0.0259. The van der Waals surface area contributed by atoms with Gasteiger partial charge in [-0.3, -0.25) is 9.59 Å². The summed E-state index contributed by atoms with van der Waals surface area (Å²) < 4.78 is 17.1. The van der Waals surface area contributed by atoms with Crippen molar-refractivity contribution in [2.24, 2.45) is 0 Å². The Morgan fingerprint density at radius 3 is 1.24 bits per heavy atom. The van der Waals surface area contributed by atoms with Gasteiger partial charge in [-0.2, -0.15) is 0 Å². The van der Waals surface area contributed by atoms with E-state index in [0.717, 1.165) is 96.3 Å². The molecule has 0 rings (SSSR count). The number of unbranched alkanes of at least 4 members (excludes halogenated alkanes) is 8. The molecule has 0 fully saturated rings. The Morgan fingerprint density at radius 2 is 0.836 bits per heavy atom. The maximum absolute atomic E-state index is 12.8. The van der Waals surface area contributed by atoms with Crippen LogP contribution in [0.3, 0.4) is 0 Å². The Kier molecular flexibility index (Phi) is 44.7. The van der Waals surface area contributed by atoms with Crippen LogP contribution in [-0.4, -0.2) is 75.5 Å². The number of carboxylic acid groups (broad SMARTS) is 1. The zero-order chi connectivity index (χ0) is 49.2. The molecule has 0 aromatic heterocycles. The van der Waals surface area contributed by atoms with Crippen molar-refractivity contribution in [3.8, 4) is 0 Å². The lowest BCUT2D eigenvalue weighted by molar-refractivity contribution is -0.889. The van der Waals surface area contributed by atoms with Crippen molar-refractivity contribution in [3.63, 3.8) is 0 Å². The average Bonchev–Trinajstić information content (AvgIpc) is 3.29. The summed E-state index contributed by atoms with van der Waals surface area (Å²) in [5.74, 6) is -1.85. The molecule has 8 heteroatoms. The average molecular weight is 928 g/mol. The molecule has 0 bridgehead atoms. The number of aliphatic carboxylic acids is 1. The molecule has 67 heavy (non-hydrogen) atoms. The first-order chi connectivity index (χ1) is 32.6. The van der Waals surface area contributed by atoms with Crippen LogP contribution in [-0.2, 0) is 28.6 Å². The fourth-order valence-electron chi connectivity index (χ4n) is 6.56. The van der Waals surface area contributed by atoms with Crippen LogP contribution in [0.5, 0.6) is 0 Å². The molecule has 376 valence electrons. The molecule has 0 aromatic carbocycles. The van der Waals surface area contributed by atoms with Gasteiger partial charge in [0.2, 0.25) is 0 Å². The summed E-state index contributed by atoms with van der Waals surface area (Å²) in [5, 5.41) is 11.7. The van der Waals surface area contributed by atoms with Gasteiger partial charge in [0.15, 0.2) is 6.10 Å². The minimum Gasteiger partial charge on any atom is -0.544 e. The van der Waals surface area contributed by atoms with E-state index in [9.17, 15) is 19.5 Å². The van der Waals surface area contributed by atoms with Crippen LogP contribution < -0.4 is 5.11 Å². The fraction of sp³-hybridized carbons (Fsp3) is 0.576. The van der Waals surface area contributed by atoms with E-state index in [1.165, 1.54) is 25.7 Å². The fourth-order valence-corrected chi connectivity index (χ4v) is 6.56. The van der Waals surface area contributed by atoms with Gasteiger partial charge in [0.05, 0.1) is 40.3 Å². The highest BCUT2D eigenvalue weighted by molar-refractivity contribution is 5.70. The van der Waals surface area contributed by atoms with Crippen LogP contribution in [0.1, 0.15) is 168 Å². The van der Waals surface area contributed by atoms with E-state index < -0.39 is 18.1 Å². The first-order valence-electron chi connectivity index (χ1n) is 25.7. The predicted molar refractivity (Wildman–Crippen MR) is 281 cm³/mol. The molecule has 0 saturated carbocycles. The van der Waals surface area contributed by atoms with Crippen LogP contribution in [0, 0.1) is 0 Å². The number of carbonyl (C=O) groups excluding carboxylic acids is 3. The molecule has 0 aromatic rings. The van der Waals surface area contributed by atoms with Crippen molar-refractivity contribution in [2.75, 3.05) is 41.0 Å². The Labute approximate surface area is 409 Å². The number of hydrogen-bond acceptors (Lipinski definition) is 7. The van der Waals surface area contributed by atoms with Crippen molar-refractivity contribution in [3.05, 3.63) is 134 Å². The van der Waals surface area contributed by atoms with Gasteiger partial charge in [0, 0.05) is 19.3 Å². The van der Waals surface area contributed by atoms with E-state index in [-0.39, 0.29) is 55.5 Å². The van der Waals surface area contributed by atoms with Crippen molar-refractivity contribution in [2.45, 2.75) is 180 Å². The highest BCUT2D eigenvalue weighted by Gasteiger charge is 2.25. The number of hydrogen-bond donors (Lipinski definition) is 0. The summed E-state index contributed by atoms with van der Waals surface area (Å²) in [5.41, 5.74) is 0. The molecule has 0 N–H and O–H groups in total. The van der Waals surface area contributed by atoms with Gasteiger partial charge in [-0.1, -0.05) is 167 Å². The van der Waals surface area contributed by atoms with E-state index in [1.807, 2.05) is 0 Å². The molecular formula is C59H93NO7. The molecule has 0 spiro atoms. The molecule has 0 amide bonds. The Hall–Kier alpha value is -4.53. The third-order valence-corrected chi connectivity index (χ3v) is 10.5. The molecule has 0 aliphatic carbocycles. The number of rotatable bonds is 44. The Balaban J connectivity index is 4.45. The molecule has 2 unspecified atom stereocenters. The molecule has 0 radical (unpaired) electrons. The standard InChI is InChI=1S/C59H93NO7/c1-6-8-10-12-14-16-18-20-22-24-26-28-30-32-34-36-38-40-42-44-46-48-50-58(62)67-55(53-65-52-51-56(59(63)64)60(3,4)5)54-66-57(61)49-47-45-43-41-39-37-35-33-31-29-27-25-23-21-19-17-15-13-11-9-7-2/h8,10,14-17,20-23,26-29,32-35,38-41,55-56H,6-7,9,11-13,18-19,24-25,30-31,36-37,42-54H2,1-5H3/b10-8+,16-14+,17-15+,22-20+,23-21+,28-26+,29-27+,34-32+,35-33+,40-38+,41-39+. The summed E-state index contributed by atoms with van der Waals surface area (Å²) in [7, 11) is 5.37. The van der Waals surface area contributed by atoms with Gasteiger partial charge in [-0.05, 0) is 116 Å². The second kappa shape index (κ2) is 47.9. The lowest BCUT2D eigenvalue weighted by Crippen LogP contribution is -2.55. The number of allylic oxidation sites excluding steroid dienone is 22. The molecule has 0 aliphatic rings. The normalized spacial score (nSPS) is 14.0. The van der Waals surface area contributed by atoms with Gasteiger partial charge < -0.3 is 28.6 Å². The number of likely N-dealkylation sites (N-methyl/N-ethyl adjacent to an activating group) is 1. The minimum absolute atomic E-state index is 0.00283. The van der Waals surface area contributed by atoms with E-state index in [2.05, 4.69) is 148 Å².